The van der Waals surface area contributed by atoms with Crippen LogP contribution in [0, 0.1) is 0 Å². The van der Waals surface area contributed by atoms with Crippen molar-refractivity contribution >= 4 is 0 Å². The maximum absolute atomic E-state index is 3.62. The Morgan fingerprint density at radius 1 is 1.25 bits per heavy atom. The molecule has 1 aromatic rings. The van der Waals surface area contributed by atoms with Crippen molar-refractivity contribution in [2.24, 2.45) is 0 Å². The molecule has 0 aliphatic carbocycles. The van der Waals surface area contributed by atoms with E-state index in [4.69, 9.17) is 0 Å². The molecule has 16 heavy (non-hydrogen) atoms. The highest BCUT2D eigenvalue weighted by molar-refractivity contribution is 5.26. The van der Waals surface area contributed by atoms with E-state index in [2.05, 4.69) is 50.4 Å². The van der Waals surface area contributed by atoms with Crippen molar-refractivity contribution in [1.29, 1.82) is 0 Å². The first-order valence-electron chi connectivity index (χ1n) is 6.43. The molecule has 0 spiro atoms. The van der Waals surface area contributed by atoms with Crippen LogP contribution in [0.4, 0.5) is 0 Å². The predicted octanol–water partition coefficient (Wildman–Crippen LogP) is 3.49. The molecule has 0 amide bonds. The molecule has 1 atom stereocenters. The minimum atomic E-state index is 0.333. The van der Waals surface area contributed by atoms with Gasteiger partial charge in [0.25, 0.3) is 0 Å². The third kappa shape index (κ3) is 2.65. The van der Waals surface area contributed by atoms with Gasteiger partial charge < -0.3 is 5.32 Å². The molecule has 1 nitrogen and oxygen atoms in total. The van der Waals surface area contributed by atoms with Gasteiger partial charge in [-0.05, 0) is 49.8 Å². The van der Waals surface area contributed by atoms with Gasteiger partial charge in [0, 0.05) is 5.54 Å². The van der Waals surface area contributed by atoms with E-state index in [1.54, 1.807) is 0 Å². The van der Waals surface area contributed by atoms with Crippen molar-refractivity contribution in [2.75, 3.05) is 6.54 Å². The Hall–Kier alpha value is -0.820. The van der Waals surface area contributed by atoms with E-state index >= 15 is 0 Å². The molecule has 1 unspecified atom stereocenters. The van der Waals surface area contributed by atoms with Gasteiger partial charge in [0.1, 0.15) is 0 Å². The number of nitrogens with one attached hydrogen (secondary N) is 1. The fraction of sp³-hybridized carbons (Fsp3) is 0.600. The van der Waals surface area contributed by atoms with Crippen molar-refractivity contribution in [3.05, 3.63) is 35.4 Å². The van der Waals surface area contributed by atoms with Crippen LogP contribution in [0.2, 0.25) is 0 Å². The number of rotatable bonds is 3. The summed E-state index contributed by atoms with van der Waals surface area (Å²) in [6, 6.07) is 9.14. The number of benzene rings is 1. The summed E-state index contributed by atoms with van der Waals surface area (Å²) in [6.07, 6.45) is 3.78. The Labute approximate surface area is 99.3 Å². The van der Waals surface area contributed by atoms with E-state index in [0.29, 0.717) is 11.5 Å². The van der Waals surface area contributed by atoms with Crippen molar-refractivity contribution in [2.45, 2.75) is 51.5 Å². The smallest absolute Gasteiger partial charge is 0.0194 e. The molecule has 1 aliphatic heterocycles. The molecular formula is C15H23N. The largest absolute Gasteiger partial charge is 0.311 e. The molecule has 1 aromatic carbocycles. The fourth-order valence-corrected chi connectivity index (χ4v) is 2.58. The van der Waals surface area contributed by atoms with Crippen LogP contribution in [0.15, 0.2) is 24.3 Å². The van der Waals surface area contributed by atoms with E-state index in [1.807, 2.05) is 0 Å². The summed E-state index contributed by atoms with van der Waals surface area (Å²) in [5.41, 5.74) is 3.23. The number of hydrogen-bond donors (Lipinski definition) is 1. The SMILES string of the molecule is CC(C)c1ccc(CC2(C)CCCN2)cc1. The summed E-state index contributed by atoms with van der Waals surface area (Å²) >= 11 is 0. The van der Waals surface area contributed by atoms with Gasteiger partial charge in [-0.2, -0.15) is 0 Å². The van der Waals surface area contributed by atoms with Crippen LogP contribution < -0.4 is 5.32 Å². The average Bonchev–Trinajstić information content (AvgIpc) is 2.65. The molecule has 1 saturated heterocycles. The average molecular weight is 217 g/mol. The van der Waals surface area contributed by atoms with Crippen LogP contribution in [0.25, 0.3) is 0 Å². The van der Waals surface area contributed by atoms with Crippen LogP contribution in [0.3, 0.4) is 0 Å². The van der Waals surface area contributed by atoms with Gasteiger partial charge in [-0.3, -0.25) is 0 Å². The molecule has 0 saturated carbocycles. The zero-order valence-electron chi connectivity index (χ0n) is 10.7. The summed E-state index contributed by atoms with van der Waals surface area (Å²) in [7, 11) is 0. The second-order valence-corrected chi connectivity index (χ2v) is 5.66. The molecule has 1 aliphatic rings. The van der Waals surface area contributed by atoms with E-state index in [9.17, 15) is 0 Å². The minimum absolute atomic E-state index is 0.333. The molecule has 1 heterocycles. The van der Waals surface area contributed by atoms with E-state index in [-0.39, 0.29) is 0 Å². The highest BCUT2D eigenvalue weighted by Gasteiger charge is 2.27. The Morgan fingerprint density at radius 3 is 2.44 bits per heavy atom. The second-order valence-electron chi connectivity index (χ2n) is 5.66. The first-order valence-corrected chi connectivity index (χ1v) is 6.43. The summed E-state index contributed by atoms with van der Waals surface area (Å²) in [5, 5.41) is 3.62. The van der Waals surface area contributed by atoms with Crippen LogP contribution in [-0.4, -0.2) is 12.1 Å². The van der Waals surface area contributed by atoms with Gasteiger partial charge >= 0.3 is 0 Å². The maximum Gasteiger partial charge on any atom is 0.0194 e. The molecular weight excluding hydrogens is 194 g/mol. The summed E-state index contributed by atoms with van der Waals surface area (Å²) in [5.74, 6) is 0.634. The lowest BCUT2D eigenvalue weighted by molar-refractivity contribution is 0.412. The van der Waals surface area contributed by atoms with Crippen molar-refractivity contribution in [3.8, 4) is 0 Å². The van der Waals surface area contributed by atoms with E-state index in [0.717, 1.165) is 6.42 Å². The quantitative estimate of drug-likeness (QED) is 0.817. The zero-order chi connectivity index (χ0) is 11.6. The van der Waals surface area contributed by atoms with Gasteiger partial charge in [-0.1, -0.05) is 38.1 Å². The molecule has 0 aromatic heterocycles. The molecule has 0 radical (unpaired) electrons. The topological polar surface area (TPSA) is 12.0 Å². The molecule has 0 bridgehead atoms. The zero-order valence-corrected chi connectivity index (χ0v) is 10.7. The first-order chi connectivity index (χ1) is 7.59. The lowest BCUT2D eigenvalue weighted by atomic mass is 9.90. The monoisotopic (exact) mass is 217 g/mol. The van der Waals surface area contributed by atoms with Gasteiger partial charge in [-0.25, -0.2) is 0 Å². The van der Waals surface area contributed by atoms with Crippen molar-refractivity contribution in [3.63, 3.8) is 0 Å². The van der Waals surface area contributed by atoms with Crippen LogP contribution in [0.1, 0.15) is 50.7 Å². The Balaban J connectivity index is 2.05. The fourth-order valence-electron chi connectivity index (χ4n) is 2.58. The summed E-state index contributed by atoms with van der Waals surface area (Å²) < 4.78 is 0. The van der Waals surface area contributed by atoms with Gasteiger partial charge in [0.15, 0.2) is 0 Å². The summed E-state index contributed by atoms with van der Waals surface area (Å²) in [4.78, 5) is 0. The summed E-state index contributed by atoms with van der Waals surface area (Å²) in [6.45, 7) is 8.01. The predicted molar refractivity (Wildman–Crippen MR) is 69.9 cm³/mol. The van der Waals surface area contributed by atoms with Gasteiger partial charge in [0.05, 0.1) is 0 Å². The number of hydrogen-bond acceptors (Lipinski definition) is 1. The molecule has 88 valence electrons. The molecule has 1 heteroatoms. The van der Waals surface area contributed by atoms with Gasteiger partial charge in [-0.15, -0.1) is 0 Å². The Morgan fingerprint density at radius 2 is 1.94 bits per heavy atom. The normalized spacial score (nSPS) is 25.2. The highest BCUT2D eigenvalue weighted by atomic mass is 15.0. The minimum Gasteiger partial charge on any atom is -0.311 e. The van der Waals surface area contributed by atoms with E-state index < -0.39 is 0 Å². The molecule has 1 N–H and O–H groups in total. The molecule has 1 fully saturated rings. The van der Waals surface area contributed by atoms with Crippen molar-refractivity contribution in [1.82, 2.24) is 5.32 Å². The lowest BCUT2D eigenvalue weighted by Crippen LogP contribution is -2.38. The van der Waals surface area contributed by atoms with E-state index in [1.165, 1.54) is 30.5 Å². The third-order valence-electron chi connectivity index (χ3n) is 3.70. The second kappa shape index (κ2) is 4.58. The first kappa shape index (κ1) is 11.7. The van der Waals surface area contributed by atoms with Gasteiger partial charge in [0.2, 0.25) is 0 Å². The Kier molecular flexibility index (Phi) is 3.34. The lowest BCUT2D eigenvalue weighted by Gasteiger charge is -2.24. The van der Waals surface area contributed by atoms with Crippen molar-refractivity contribution < 1.29 is 0 Å². The third-order valence-corrected chi connectivity index (χ3v) is 3.70. The van der Waals surface area contributed by atoms with Crippen LogP contribution >= 0.6 is 0 Å². The van der Waals surface area contributed by atoms with Crippen LogP contribution in [-0.2, 0) is 6.42 Å². The maximum atomic E-state index is 3.62. The molecule has 2 rings (SSSR count). The Bertz CT molecular complexity index is 331. The standard InChI is InChI=1S/C15H23N/c1-12(2)14-7-5-13(6-8-14)11-15(3)9-4-10-16-15/h5-8,12,16H,4,9-11H2,1-3H3. The van der Waals surface area contributed by atoms with Crippen LogP contribution in [0.5, 0.6) is 0 Å². The highest BCUT2D eigenvalue weighted by Crippen LogP contribution is 2.24.